The Morgan fingerprint density at radius 1 is 0.333 bits per heavy atom. The number of hydrogen-bond acceptors (Lipinski definition) is 6. The molecule has 205 valence electrons. The normalized spacial score (nSPS) is 11.4. The van der Waals surface area contributed by atoms with Gasteiger partial charge >= 0.3 is 0 Å². The first-order chi connectivity index (χ1) is 19.8. The molecular weight excluding hydrogens is 614 g/mol. The van der Waals surface area contributed by atoms with Crippen LogP contribution < -0.4 is 0 Å². The van der Waals surface area contributed by atoms with E-state index in [1.165, 1.54) is 0 Å². The molecule has 3 aromatic heterocycles. The fourth-order valence-electron chi connectivity index (χ4n) is 5.59. The molecule has 0 saturated carbocycles. The van der Waals surface area contributed by atoms with Gasteiger partial charge in [0.05, 0.1) is 0 Å². The number of nitrogens with one attached hydrogen (secondary N) is 2. The molecule has 1 radical (unpaired) electrons. The van der Waals surface area contributed by atoms with E-state index in [-0.39, 0.29) is 33.3 Å². The van der Waals surface area contributed by atoms with E-state index in [4.69, 9.17) is 29.9 Å². The molecule has 42 heavy (non-hydrogen) atoms. The van der Waals surface area contributed by atoms with E-state index in [2.05, 4.69) is 9.97 Å². The summed E-state index contributed by atoms with van der Waals surface area (Å²) in [6, 6.07) is 32.2. The van der Waals surface area contributed by atoms with Crippen molar-refractivity contribution in [2.45, 2.75) is 0 Å². The standard InChI is InChI=1S/C32H18N8.Co.Ni/c1-2-10-18-17(9-1)25-33-26(18)38-28-21-13-5-6-14-22(21)30(35-28)40-32-24-16-8-7-15-23(24)31(36-32)39-29-20-12-4-3-11-19(20)27(34-29)37-25;;/h1-16H,(H2,33,34,35,36,37,38,39,40);;. The molecule has 2 aliphatic heterocycles. The zero-order chi connectivity index (χ0) is 26.2. The van der Waals surface area contributed by atoms with Crippen molar-refractivity contribution in [2.75, 3.05) is 0 Å². The molecule has 0 atom stereocenters. The smallest absolute Gasteiger partial charge is 0.164 e. The SMILES string of the molecule is [Co].[Ni].c1ccc2c(c1)-c1nc-2nc2[nH]c(nc3nc(nc4[nH]c(n1)c1ccccc41)-c1ccccc1-3)c1ccccc21. The molecule has 8 nitrogen and oxygen atoms in total. The average molecular weight is 632 g/mol. The van der Waals surface area contributed by atoms with E-state index in [0.29, 0.717) is 45.9 Å². The zero-order valence-electron chi connectivity index (χ0n) is 21.6. The van der Waals surface area contributed by atoms with Crippen LogP contribution in [0, 0.1) is 0 Å². The number of H-pyrrole nitrogens is 2. The van der Waals surface area contributed by atoms with E-state index in [9.17, 15) is 0 Å². The number of benzene rings is 4. The van der Waals surface area contributed by atoms with Crippen molar-refractivity contribution in [1.82, 2.24) is 39.9 Å². The first-order valence-corrected chi connectivity index (χ1v) is 13.0. The summed E-state index contributed by atoms with van der Waals surface area (Å²) in [6.07, 6.45) is 0. The first kappa shape index (κ1) is 26.2. The van der Waals surface area contributed by atoms with Gasteiger partial charge in [-0.05, 0) is 0 Å². The topological polar surface area (TPSA) is 109 Å². The second kappa shape index (κ2) is 9.95. The van der Waals surface area contributed by atoms with Crippen LogP contribution in [0.2, 0.25) is 0 Å². The van der Waals surface area contributed by atoms with Gasteiger partial charge in [0.2, 0.25) is 0 Å². The van der Waals surface area contributed by atoms with Gasteiger partial charge in [0.15, 0.2) is 23.3 Å². The summed E-state index contributed by atoms with van der Waals surface area (Å²) >= 11 is 0. The van der Waals surface area contributed by atoms with E-state index >= 15 is 0 Å². The molecule has 0 fully saturated rings. The summed E-state index contributed by atoms with van der Waals surface area (Å²) in [7, 11) is 0. The van der Waals surface area contributed by atoms with Crippen molar-refractivity contribution >= 4 is 44.1 Å². The zero-order valence-corrected chi connectivity index (χ0v) is 23.6. The van der Waals surface area contributed by atoms with Gasteiger partial charge in [-0.3, -0.25) is 0 Å². The third-order valence-corrected chi connectivity index (χ3v) is 7.46. The monoisotopic (exact) mass is 631 g/mol. The molecule has 0 unspecified atom stereocenters. The molecule has 5 heterocycles. The van der Waals surface area contributed by atoms with Gasteiger partial charge in [-0.2, -0.15) is 0 Å². The third kappa shape index (κ3) is 3.88. The second-order valence-corrected chi connectivity index (χ2v) is 9.79. The Kier molecular flexibility index (Phi) is 6.20. The molecular formula is C32H18CoN8Ni. The van der Waals surface area contributed by atoms with Crippen LogP contribution in [0.4, 0.5) is 0 Å². The Morgan fingerprint density at radius 2 is 0.571 bits per heavy atom. The maximum absolute atomic E-state index is 5.02. The van der Waals surface area contributed by atoms with Crippen LogP contribution in [0.5, 0.6) is 0 Å². The van der Waals surface area contributed by atoms with Gasteiger partial charge in [-0.1, -0.05) is 97.1 Å². The van der Waals surface area contributed by atoms with Crippen molar-refractivity contribution in [3.8, 4) is 45.6 Å². The molecule has 9 rings (SSSR count). The van der Waals surface area contributed by atoms with Gasteiger partial charge in [0.1, 0.15) is 22.6 Å². The molecule has 0 spiro atoms. The summed E-state index contributed by atoms with van der Waals surface area (Å²) in [5.41, 5.74) is 6.45. The largest absolute Gasteiger partial charge is 0.324 e. The van der Waals surface area contributed by atoms with E-state index in [1.807, 2.05) is 97.1 Å². The minimum Gasteiger partial charge on any atom is -0.324 e. The predicted molar refractivity (Wildman–Crippen MR) is 156 cm³/mol. The van der Waals surface area contributed by atoms with E-state index in [0.717, 1.165) is 43.8 Å². The van der Waals surface area contributed by atoms with Crippen molar-refractivity contribution in [1.29, 1.82) is 0 Å². The Bertz CT molecular complexity index is 2040. The summed E-state index contributed by atoms with van der Waals surface area (Å²) in [5.74, 6) is 2.39. The third-order valence-electron chi connectivity index (χ3n) is 7.46. The Hall–Kier alpha value is -4.76. The summed E-state index contributed by atoms with van der Waals surface area (Å²) < 4.78 is 0. The first-order valence-electron chi connectivity index (χ1n) is 13.0. The van der Waals surface area contributed by atoms with Crippen molar-refractivity contribution in [3.63, 3.8) is 0 Å². The minimum absolute atomic E-state index is 0. The van der Waals surface area contributed by atoms with Crippen LogP contribution in [0.3, 0.4) is 0 Å². The van der Waals surface area contributed by atoms with Crippen LogP contribution in [0.15, 0.2) is 97.1 Å². The van der Waals surface area contributed by atoms with Crippen LogP contribution in [0.25, 0.3) is 89.7 Å². The number of aromatic amines is 2. The van der Waals surface area contributed by atoms with Crippen LogP contribution >= 0.6 is 0 Å². The predicted octanol–water partition coefficient (Wildman–Crippen LogP) is 6.86. The number of aromatic nitrogens is 8. The number of rotatable bonds is 0. The van der Waals surface area contributed by atoms with Gasteiger partial charge in [0.25, 0.3) is 0 Å². The molecule has 2 aliphatic rings. The summed E-state index contributed by atoms with van der Waals surface area (Å²) in [5, 5.41) is 3.82. The van der Waals surface area contributed by atoms with Crippen molar-refractivity contribution < 1.29 is 33.3 Å². The quantitative estimate of drug-likeness (QED) is 0.177. The number of nitrogens with zero attached hydrogens (tertiary/aromatic N) is 6. The molecule has 7 aromatic rings. The van der Waals surface area contributed by atoms with Crippen LogP contribution in [-0.4, -0.2) is 39.9 Å². The number of fused-ring (bicyclic) bond motifs is 20. The fourth-order valence-corrected chi connectivity index (χ4v) is 5.59. The van der Waals surface area contributed by atoms with Gasteiger partial charge < -0.3 is 9.97 Å². The van der Waals surface area contributed by atoms with Crippen molar-refractivity contribution in [2.24, 2.45) is 0 Å². The molecule has 10 heteroatoms. The number of hydrogen-bond donors (Lipinski definition) is 2. The average Bonchev–Trinajstić information content (AvgIpc) is 3.73. The Balaban J connectivity index is 0.00000144. The minimum atomic E-state index is 0. The second-order valence-electron chi connectivity index (χ2n) is 9.79. The molecule has 4 aromatic carbocycles. The fraction of sp³-hybridized carbons (Fsp3) is 0. The molecule has 8 bridgehead atoms. The summed E-state index contributed by atoms with van der Waals surface area (Å²) in [6.45, 7) is 0. The molecule has 0 saturated heterocycles. The Morgan fingerprint density at radius 3 is 0.833 bits per heavy atom. The Labute approximate surface area is 258 Å². The van der Waals surface area contributed by atoms with E-state index < -0.39 is 0 Å². The molecule has 0 aliphatic carbocycles. The van der Waals surface area contributed by atoms with Crippen LogP contribution in [0.1, 0.15) is 0 Å². The van der Waals surface area contributed by atoms with Crippen molar-refractivity contribution in [3.05, 3.63) is 97.1 Å². The van der Waals surface area contributed by atoms with Crippen LogP contribution in [-0.2, 0) is 33.3 Å². The summed E-state index contributed by atoms with van der Waals surface area (Å²) in [4.78, 5) is 36.8. The van der Waals surface area contributed by atoms with Gasteiger partial charge in [-0.25, -0.2) is 29.9 Å². The maximum atomic E-state index is 5.02. The molecule has 0 amide bonds. The van der Waals surface area contributed by atoms with E-state index in [1.54, 1.807) is 0 Å². The van der Waals surface area contributed by atoms with Gasteiger partial charge in [-0.15, -0.1) is 0 Å². The maximum Gasteiger partial charge on any atom is 0.164 e. The molecule has 2 N–H and O–H groups in total. The van der Waals surface area contributed by atoms with Gasteiger partial charge in [0, 0.05) is 77.1 Å².